The predicted octanol–water partition coefficient (Wildman–Crippen LogP) is 3.60. The maximum absolute atomic E-state index is 12.2. The Hall–Kier alpha value is -3.01. The number of thioether (sulfide) groups is 1. The molecule has 0 aliphatic heterocycles. The van der Waals surface area contributed by atoms with Crippen LogP contribution in [0.3, 0.4) is 0 Å². The molecule has 9 nitrogen and oxygen atoms in total. The minimum atomic E-state index is -0.199. The lowest BCUT2D eigenvalue weighted by Crippen LogP contribution is -2.31. The molecule has 1 amide bonds. The quantitative estimate of drug-likeness (QED) is 0.287. The average molecular weight is 473 g/mol. The van der Waals surface area contributed by atoms with Crippen LogP contribution in [0.15, 0.2) is 35.6 Å². The molecule has 0 saturated carbocycles. The van der Waals surface area contributed by atoms with Crippen molar-refractivity contribution in [1.29, 1.82) is 0 Å². The van der Waals surface area contributed by atoms with Crippen molar-refractivity contribution < 1.29 is 14.3 Å². The van der Waals surface area contributed by atoms with Gasteiger partial charge in [-0.1, -0.05) is 32.5 Å². The van der Waals surface area contributed by atoms with Gasteiger partial charge in [0.2, 0.25) is 0 Å². The number of aromatic nitrogens is 4. The van der Waals surface area contributed by atoms with Crippen molar-refractivity contribution in [3.05, 3.63) is 30.5 Å². The third-order valence-corrected chi connectivity index (χ3v) is 5.72. The highest BCUT2D eigenvalue weighted by Crippen LogP contribution is 2.25. The van der Waals surface area contributed by atoms with Crippen LogP contribution in [0.4, 0.5) is 5.82 Å². The number of hydrogen-bond acceptors (Lipinski definition) is 8. The van der Waals surface area contributed by atoms with Gasteiger partial charge in [-0.15, -0.1) is 0 Å². The second kappa shape index (κ2) is 12.3. The lowest BCUT2D eigenvalue weighted by molar-refractivity contribution is -0.123. The molecular formula is C23H32N6O3S. The number of carbonyl (C=O) groups is 1. The monoisotopic (exact) mass is 472 g/mol. The molecule has 1 aromatic carbocycles. The number of anilines is 1. The van der Waals surface area contributed by atoms with Gasteiger partial charge >= 0.3 is 0 Å². The topological polar surface area (TPSA) is 103 Å². The summed E-state index contributed by atoms with van der Waals surface area (Å²) < 4.78 is 12.4. The fraction of sp³-hybridized carbons (Fsp3) is 0.478. The second-order valence-electron chi connectivity index (χ2n) is 7.90. The van der Waals surface area contributed by atoms with Gasteiger partial charge in [0.1, 0.15) is 17.3 Å². The summed E-state index contributed by atoms with van der Waals surface area (Å²) in [5.41, 5.74) is 0.763. The van der Waals surface area contributed by atoms with Crippen molar-refractivity contribution in [1.82, 2.24) is 25.1 Å². The van der Waals surface area contributed by atoms with E-state index >= 15 is 0 Å². The summed E-state index contributed by atoms with van der Waals surface area (Å²) in [6, 6.07) is 7.10. The number of hydrogen-bond donors (Lipinski definition) is 2. The fourth-order valence-electron chi connectivity index (χ4n) is 2.97. The summed E-state index contributed by atoms with van der Waals surface area (Å²) in [6.45, 7) is 8.11. The van der Waals surface area contributed by atoms with Crippen LogP contribution in [0.1, 0.15) is 27.2 Å². The summed E-state index contributed by atoms with van der Waals surface area (Å²) in [7, 11) is 1.60. The molecule has 0 fully saturated rings. The third-order valence-electron chi connectivity index (χ3n) is 4.66. The molecule has 3 rings (SSSR count). The van der Waals surface area contributed by atoms with Gasteiger partial charge in [0.25, 0.3) is 5.91 Å². The van der Waals surface area contributed by atoms with Crippen molar-refractivity contribution in [2.24, 2.45) is 5.92 Å². The number of benzene rings is 1. The minimum Gasteiger partial charge on any atom is -0.497 e. The number of carbonyl (C=O) groups excluding carboxylic acids is 1. The summed E-state index contributed by atoms with van der Waals surface area (Å²) in [5.74, 6) is 3.39. The highest BCUT2D eigenvalue weighted by atomic mass is 32.2. The Morgan fingerprint density at radius 2 is 1.94 bits per heavy atom. The Kier molecular flexibility index (Phi) is 9.17. The molecule has 0 radical (unpaired) electrons. The van der Waals surface area contributed by atoms with Crippen LogP contribution in [0.5, 0.6) is 11.5 Å². The number of ether oxygens (including phenoxy) is 2. The average Bonchev–Trinajstić information content (AvgIpc) is 3.23. The van der Waals surface area contributed by atoms with E-state index in [1.807, 2.05) is 0 Å². The molecule has 0 bridgehead atoms. The van der Waals surface area contributed by atoms with E-state index in [-0.39, 0.29) is 12.5 Å². The van der Waals surface area contributed by atoms with Crippen LogP contribution in [0.2, 0.25) is 0 Å². The third kappa shape index (κ3) is 7.24. The lowest BCUT2D eigenvalue weighted by Gasteiger charge is -2.11. The van der Waals surface area contributed by atoms with E-state index in [9.17, 15) is 4.79 Å². The van der Waals surface area contributed by atoms with Gasteiger partial charge in [-0.2, -0.15) is 5.10 Å². The summed E-state index contributed by atoms with van der Waals surface area (Å²) in [4.78, 5) is 21.6. The maximum atomic E-state index is 12.2. The maximum Gasteiger partial charge on any atom is 0.258 e. The van der Waals surface area contributed by atoms with E-state index < -0.39 is 0 Å². The van der Waals surface area contributed by atoms with E-state index in [0.717, 1.165) is 46.5 Å². The Balaban J connectivity index is 1.59. The van der Waals surface area contributed by atoms with Gasteiger partial charge in [0.15, 0.2) is 17.4 Å². The number of amides is 1. The highest BCUT2D eigenvalue weighted by molar-refractivity contribution is 7.99. The molecule has 3 aromatic rings. The zero-order valence-corrected chi connectivity index (χ0v) is 20.4. The molecule has 0 saturated heterocycles. The number of fused-ring (bicyclic) bond motifs is 1. The van der Waals surface area contributed by atoms with Crippen molar-refractivity contribution in [2.45, 2.75) is 38.9 Å². The summed E-state index contributed by atoms with van der Waals surface area (Å²) >= 11 is 1.63. The van der Waals surface area contributed by atoms with Crippen molar-refractivity contribution in [3.63, 3.8) is 0 Å². The highest BCUT2D eigenvalue weighted by Gasteiger charge is 2.14. The van der Waals surface area contributed by atoms with Crippen molar-refractivity contribution >= 4 is 34.5 Å². The first-order valence-corrected chi connectivity index (χ1v) is 12.1. The summed E-state index contributed by atoms with van der Waals surface area (Å²) in [6.07, 6.45) is 2.82. The Morgan fingerprint density at radius 3 is 2.64 bits per heavy atom. The van der Waals surface area contributed by atoms with Crippen LogP contribution in [-0.4, -0.2) is 58.2 Å². The molecule has 2 aromatic heterocycles. The molecule has 0 atom stereocenters. The van der Waals surface area contributed by atoms with Crippen LogP contribution < -0.4 is 20.1 Å². The Bertz CT molecular complexity index is 1040. The molecule has 10 heteroatoms. The largest absolute Gasteiger partial charge is 0.497 e. The summed E-state index contributed by atoms with van der Waals surface area (Å²) in [5, 5.41) is 12.4. The first-order chi connectivity index (χ1) is 16.0. The molecule has 2 N–H and O–H groups in total. The predicted molar refractivity (Wildman–Crippen MR) is 131 cm³/mol. The number of rotatable bonds is 13. The Morgan fingerprint density at radius 1 is 1.18 bits per heavy atom. The van der Waals surface area contributed by atoms with Crippen LogP contribution in [-0.2, 0) is 11.3 Å². The zero-order chi connectivity index (χ0) is 23.6. The van der Waals surface area contributed by atoms with Gasteiger partial charge in [-0.05, 0) is 36.6 Å². The fourth-order valence-corrected chi connectivity index (χ4v) is 3.66. The first-order valence-electron chi connectivity index (χ1n) is 11.1. The first kappa shape index (κ1) is 24.6. The normalized spacial score (nSPS) is 11.1. The molecule has 0 unspecified atom stereocenters. The van der Waals surface area contributed by atoms with E-state index in [1.54, 1.807) is 54.0 Å². The van der Waals surface area contributed by atoms with E-state index in [4.69, 9.17) is 14.5 Å². The molecule has 0 aliphatic carbocycles. The van der Waals surface area contributed by atoms with Gasteiger partial charge < -0.3 is 20.1 Å². The second-order valence-corrected chi connectivity index (χ2v) is 8.96. The van der Waals surface area contributed by atoms with Gasteiger partial charge in [0, 0.05) is 18.8 Å². The van der Waals surface area contributed by atoms with Gasteiger partial charge in [0.05, 0.1) is 25.2 Å². The lowest BCUT2D eigenvalue weighted by atomic mass is 10.2. The SMILES string of the molecule is CCCSc1nc(NCC(C)C)c2cnn(CCNC(=O)COc3ccc(OC)cc3)c2n1. The smallest absolute Gasteiger partial charge is 0.258 e. The zero-order valence-electron chi connectivity index (χ0n) is 19.6. The number of methoxy groups -OCH3 is 1. The van der Waals surface area contributed by atoms with E-state index in [0.29, 0.717) is 24.8 Å². The van der Waals surface area contributed by atoms with Crippen molar-refractivity contribution in [3.8, 4) is 11.5 Å². The van der Waals surface area contributed by atoms with E-state index in [1.165, 1.54) is 0 Å². The van der Waals surface area contributed by atoms with Gasteiger partial charge in [-0.3, -0.25) is 4.79 Å². The molecule has 33 heavy (non-hydrogen) atoms. The standard InChI is InChI=1S/C23H32N6O3S/c1-5-12-33-23-27-21(25-13-16(2)3)19-14-26-29(22(19)28-23)11-10-24-20(30)15-32-18-8-6-17(31-4)7-9-18/h6-9,14,16H,5,10-13,15H2,1-4H3,(H,24,30)(H,25,27,28). The number of nitrogens with zero attached hydrogens (tertiary/aromatic N) is 4. The molecule has 178 valence electrons. The molecule has 0 spiro atoms. The minimum absolute atomic E-state index is 0.0601. The Labute approximate surface area is 198 Å². The van der Waals surface area contributed by atoms with Crippen LogP contribution in [0.25, 0.3) is 11.0 Å². The molecular weight excluding hydrogens is 440 g/mol. The van der Waals surface area contributed by atoms with E-state index in [2.05, 4.69) is 41.5 Å². The van der Waals surface area contributed by atoms with Crippen LogP contribution >= 0.6 is 11.8 Å². The number of nitrogens with one attached hydrogen (secondary N) is 2. The van der Waals surface area contributed by atoms with Gasteiger partial charge in [-0.25, -0.2) is 14.6 Å². The van der Waals surface area contributed by atoms with Crippen LogP contribution in [0, 0.1) is 5.92 Å². The van der Waals surface area contributed by atoms with Crippen molar-refractivity contribution in [2.75, 3.05) is 37.9 Å². The molecule has 0 aliphatic rings. The molecule has 2 heterocycles.